The Kier molecular flexibility index (Phi) is 3.60. The quantitative estimate of drug-likeness (QED) is 0.822. The van der Waals surface area contributed by atoms with Crippen molar-refractivity contribution in [1.29, 1.82) is 0 Å². The topological polar surface area (TPSA) is 60.6 Å². The van der Waals surface area contributed by atoms with Crippen LogP contribution in [0.15, 0.2) is 16.9 Å². The van der Waals surface area contributed by atoms with Gasteiger partial charge >= 0.3 is 7.12 Å². The molecule has 19 heavy (non-hydrogen) atoms. The molecule has 1 N–H and O–H groups in total. The Morgan fingerprint density at radius 2 is 1.79 bits per heavy atom. The number of rotatable bonds is 3. The fourth-order valence-corrected chi connectivity index (χ4v) is 1.97. The highest BCUT2D eigenvalue weighted by atomic mass is 16.7. The molecule has 6 heteroatoms. The number of aromatic nitrogens is 1. The lowest BCUT2D eigenvalue weighted by Gasteiger charge is -2.32. The standard InChI is InChI=1S/C13H20BNO4/c1-12(2)13(3,4)19-14(18-12)9-6-10(8-17-5)15-11(16)7-9/h6-7H,8H2,1-5H3,(H,15,16). The fourth-order valence-electron chi connectivity index (χ4n) is 1.97. The summed E-state index contributed by atoms with van der Waals surface area (Å²) in [5.74, 6) is 0. The first-order valence-corrected chi connectivity index (χ1v) is 6.33. The fraction of sp³-hybridized carbons (Fsp3) is 0.615. The van der Waals surface area contributed by atoms with E-state index in [2.05, 4.69) is 4.98 Å². The van der Waals surface area contributed by atoms with Gasteiger partial charge in [0.05, 0.1) is 17.8 Å². The first-order chi connectivity index (χ1) is 8.75. The molecule has 1 aromatic rings. The molecule has 1 fully saturated rings. The largest absolute Gasteiger partial charge is 0.495 e. The number of hydrogen-bond acceptors (Lipinski definition) is 4. The third-order valence-corrected chi connectivity index (χ3v) is 3.75. The molecular weight excluding hydrogens is 245 g/mol. The Bertz CT molecular complexity index is 508. The predicted molar refractivity (Wildman–Crippen MR) is 73.5 cm³/mol. The van der Waals surface area contributed by atoms with Gasteiger partial charge in [-0.3, -0.25) is 4.79 Å². The molecule has 0 amide bonds. The summed E-state index contributed by atoms with van der Waals surface area (Å²) in [5.41, 5.74) is 0.414. The molecular formula is C13H20BNO4. The van der Waals surface area contributed by atoms with Crippen molar-refractivity contribution in [2.75, 3.05) is 7.11 Å². The molecule has 0 atom stereocenters. The van der Waals surface area contributed by atoms with Crippen molar-refractivity contribution >= 4 is 12.6 Å². The van der Waals surface area contributed by atoms with Crippen LogP contribution in [0.1, 0.15) is 33.4 Å². The highest BCUT2D eigenvalue weighted by Crippen LogP contribution is 2.36. The highest BCUT2D eigenvalue weighted by Gasteiger charge is 2.51. The van der Waals surface area contributed by atoms with Gasteiger partial charge in [-0.2, -0.15) is 0 Å². The molecule has 0 unspecified atom stereocenters. The van der Waals surface area contributed by atoms with Crippen LogP contribution >= 0.6 is 0 Å². The van der Waals surface area contributed by atoms with E-state index in [1.165, 1.54) is 6.07 Å². The van der Waals surface area contributed by atoms with Crippen LogP contribution in [0.4, 0.5) is 0 Å². The summed E-state index contributed by atoms with van der Waals surface area (Å²) >= 11 is 0. The van der Waals surface area contributed by atoms with Crippen molar-refractivity contribution in [3.8, 4) is 0 Å². The highest BCUT2D eigenvalue weighted by molar-refractivity contribution is 6.62. The van der Waals surface area contributed by atoms with E-state index in [0.29, 0.717) is 12.3 Å². The summed E-state index contributed by atoms with van der Waals surface area (Å²) in [5, 5.41) is 0. The number of nitrogens with one attached hydrogen (secondary N) is 1. The number of pyridine rings is 1. The second-order valence-electron chi connectivity index (χ2n) is 5.82. The van der Waals surface area contributed by atoms with E-state index in [9.17, 15) is 4.79 Å². The molecule has 1 aliphatic rings. The zero-order valence-corrected chi connectivity index (χ0v) is 12.1. The summed E-state index contributed by atoms with van der Waals surface area (Å²) in [6.07, 6.45) is 0. The second-order valence-corrected chi connectivity index (χ2v) is 5.82. The van der Waals surface area contributed by atoms with E-state index in [1.807, 2.05) is 33.8 Å². The van der Waals surface area contributed by atoms with Crippen molar-refractivity contribution in [2.24, 2.45) is 0 Å². The number of ether oxygens (including phenoxy) is 1. The number of hydrogen-bond donors (Lipinski definition) is 1. The van der Waals surface area contributed by atoms with Crippen molar-refractivity contribution in [3.63, 3.8) is 0 Å². The van der Waals surface area contributed by atoms with Crippen molar-refractivity contribution in [1.82, 2.24) is 4.98 Å². The van der Waals surface area contributed by atoms with Crippen LogP contribution in [0, 0.1) is 0 Å². The van der Waals surface area contributed by atoms with Gasteiger partial charge in [-0.1, -0.05) is 0 Å². The minimum atomic E-state index is -0.525. The van der Waals surface area contributed by atoms with Crippen LogP contribution in [0.3, 0.4) is 0 Å². The first kappa shape index (κ1) is 14.3. The third-order valence-electron chi connectivity index (χ3n) is 3.75. The van der Waals surface area contributed by atoms with Crippen LogP contribution < -0.4 is 11.0 Å². The average molecular weight is 265 g/mol. The maximum absolute atomic E-state index is 11.6. The van der Waals surface area contributed by atoms with Crippen molar-refractivity contribution < 1.29 is 14.0 Å². The Morgan fingerprint density at radius 1 is 1.21 bits per heavy atom. The maximum atomic E-state index is 11.6. The molecule has 0 spiro atoms. The van der Waals surface area contributed by atoms with Crippen LogP contribution in [0.25, 0.3) is 0 Å². The molecule has 0 aromatic carbocycles. The summed E-state index contributed by atoms with van der Waals surface area (Å²) in [4.78, 5) is 14.4. The lowest BCUT2D eigenvalue weighted by atomic mass is 9.79. The molecule has 2 rings (SSSR count). The molecule has 104 valence electrons. The molecule has 5 nitrogen and oxygen atoms in total. The van der Waals surface area contributed by atoms with Crippen LogP contribution in [-0.2, 0) is 20.7 Å². The second kappa shape index (κ2) is 4.78. The Morgan fingerprint density at radius 3 is 2.32 bits per heavy atom. The number of H-pyrrole nitrogens is 1. The van der Waals surface area contributed by atoms with Gasteiger partial charge in [-0.15, -0.1) is 0 Å². The molecule has 2 heterocycles. The minimum absolute atomic E-state index is 0.181. The van der Waals surface area contributed by atoms with Crippen LogP contribution in [-0.4, -0.2) is 30.4 Å². The smallest absolute Gasteiger partial charge is 0.399 e. The first-order valence-electron chi connectivity index (χ1n) is 6.33. The minimum Gasteiger partial charge on any atom is -0.399 e. The summed E-state index contributed by atoms with van der Waals surface area (Å²) < 4.78 is 16.9. The molecule has 0 aliphatic carbocycles. The van der Waals surface area contributed by atoms with Gasteiger partial charge in [0.25, 0.3) is 0 Å². The maximum Gasteiger partial charge on any atom is 0.495 e. The molecule has 1 saturated heterocycles. The van der Waals surface area contributed by atoms with E-state index in [0.717, 1.165) is 5.46 Å². The van der Waals surface area contributed by atoms with Gasteiger partial charge in [0.1, 0.15) is 0 Å². The van der Waals surface area contributed by atoms with Gasteiger partial charge in [-0.25, -0.2) is 0 Å². The van der Waals surface area contributed by atoms with E-state index < -0.39 is 18.3 Å². The van der Waals surface area contributed by atoms with E-state index in [1.54, 1.807) is 7.11 Å². The van der Waals surface area contributed by atoms with Crippen LogP contribution in [0.2, 0.25) is 0 Å². The number of methoxy groups -OCH3 is 1. The zero-order chi connectivity index (χ0) is 14.3. The average Bonchev–Trinajstić information content (AvgIpc) is 2.48. The van der Waals surface area contributed by atoms with Gasteiger partial charge < -0.3 is 19.0 Å². The summed E-state index contributed by atoms with van der Waals surface area (Å²) in [6.45, 7) is 8.28. The molecule has 0 saturated carbocycles. The molecule has 1 aromatic heterocycles. The normalized spacial score (nSPS) is 20.8. The Balaban J connectivity index is 2.31. The molecule has 1 aliphatic heterocycles. The molecule has 0 radical (unpaired) electrons. The van der Waals surface area contributed by atoms with E-state index >= 15 is 0 Å². The summed E-state index contributed by atoms with van der Waals surface area (Å²) in [6, 6.07) is 3.34. The number of aromatic amines is 1. The molecule has 0 bridgehead atoms. The van der Waals surface area contributed by atoms with E-state index in [4.69, 9.17) is 14.0 Å². The monoisotopic (exact) mass is 265 g/mol. The van der Waals surface area contributed by atoms with Crippen molar-refractivity contribution in [2.45, 2.75) is 45.5 Å². The lowest BCUT2D eigenvalue weighted by Crippen LogP contribution is -2.41. The van der Waals surface area contributed by atoms with Gasteiger partial charge in [0.2, 0.25) is 5.56 Å². The Labute approximate surface area is 113 Å². The van der Waals surface area contributed by atoms with Gasteiger partial charge in [-0.05, 0) is 39.2 Å². The lowest BCUT2D eigenvalue weighted by molar-refractivity contribution is 0.00578. The summed E-state index contributed by atoms with van der Waals surface area (Å²) in [7, 11) is 1.06. The SMILES string of the molecule is COCc1cc(B2OC(C)(C)C(C)(C)O2)cc(=O)[nH]1. The van der Waals surface area contributed by atoms with Crippen LogP contribution in [0.5, 0.6) is 0 Å². The Hall–Kier alpha value is -1.11. The third kappa shape index (κ3) is 2.75. The zero-order valence-electron chi connectivity index (χ0n) is 12.1. The van der Waals surface area contributed by atoms with E-state index in [-0.39, 0.29) is 5.56 Å². The van der Waals surface area contributed by atoms with Gasteiger partial charge in [0, 0.05) is 18.9 Å². The predicted octanol–water partition coefficient (Wildman–Crippen LogP) is 0.821. The van der Waals surface area contributed by atoms with Crippen molar-refractivity contribution in [3.05, 3.63) is 28.2 Å². The van der Waals surface area contributed by atoms with Gasteiger partial charge in [0.15, 0.2) is 0 Å².